The van der Waals surface area contributed by atoms with Crippen LogP contribution < -0.4 is 5.32 Å². The highest BCUT2D eigenvalue weighted by Crippen LogP contribution is 2.29. The molecule has 0 aliphatic rings. The van der Waals surface area contributed by atoms with E-state index in [2.05, 4.69) is 5.32 Å². The van der Waals surface area contributed by atoms with Crippen LogP contribution in [0.2, 0.25) is 0 Å². The SMILES string of the molecule is CNC(c1cc2cccc(F)c2o1)C(C)S(C)(=O)=O. The number of hydrogen-bond donors (Lipinski definition) is 1. The van der Waals surface area contributed by atoms with Gasteiger partial charge in [-0.15, -0.1) is 0 Å². The maximum atomic E-state index is 13.6. The first-order chi connectivity index (χ1) is 8.84. The Morgan fingerprint density at radius 2 is 2.05 bits per heavy atom. The summed E-state index contributed by atoms with van der Waals surface area (Å²) in [5.74, 6) is -0.0360. The summed E-state index contributed by atoms with van der Waals surface area (Å²) in [5.41, 5.74) is 0.151. The second kappa shape index (κ2) is 4.94. The van der Waals surface area contributed by atoms with E-state index < -0.39 is 26.9 Å². The Hall–Kier alpha value is -1.40. The summed E-state index contributed by atoms with van der Waals surface area (Å²) in [5, 5.41) is 2.87. The van der Waals surface area contributed by atoms with Crippen LogP contribution in [-0.2, 0) is 9.84 Å². The molecule has 4 nitrogen and oxygen atoms in total. The monoisotopic (exact) mass is 285 g/mol. The second-order valence-corrected chi connectivity index (χ2v) is 7.01. The van der Waals surface area contributed by atoms with Gasteiger partial charge in [-0.25, -0.2) is 12.8 Å². The molecule has 1 aromatic carbocycles. The van der Waals surface area contributed by atoms with Gasteiger partial charge in [0.2, 0.25) is 0 Å². The van der Waals surface area contributed by atoms with E-state index in [1.807, 2.05) is 0 Å². The van der Waals surface area contributed by atoms with Gasteiger partial charge in [0.15, 0.2) is 21.2 Å². The van der Waals surface area contributed by atoms with E-state index in [1.54, 1.807) is 32.2 Å². The smallest absolute Gasteiger partial charge is 0.169 e. The van der Waals surface area contributed by atoms with Gasteiger partial charge in [0.1, 0.15) is 5.76 Å². The number of rotatable bonds is 4. The average molecular weight is 285 g/mol. The summed E-state index contributed by atoms with van der Waals surface area (Å²) in [7, 11) is -1.58. The van der Waals surface area contributed by atoms with Crippen LogP contribution in [0.3, 0.4) is 0 Å². The van der Waals surface area contributed by atoms with E-state index in [9.17, 15) is 12.8 Å². The zero-order valence-corrected chi connectivity index (χ0v) is 11.8. The highest BCUT2D eigenvalue weighted by Gasteiger charge is 2.29. The maximum absolute atomic E-state index is 13.6. The largest absolute Gasteiger partial charge is 0.456 e. The van der Waals surface area contributed by atoms with E-state index in [0.29, 0.717) is 11.1 Å². The molecular weight excluding hydrogens is 269 g/mol. The third kappa shape index (κ3) is 2.64. The van der Waals surface area contributed by atoms with Crippen molar-refractivity contribution in [3.63, 3.8) is 0 Å². The molecule has 0 bridgehead atoms. The molecule has 2 atom stereocenters. The predicted octanol–water partition coefficient (Wildman–Crippen LogP) is 2.27. The van der Waals surface area contributed by atoms with Crippen LogP contribution in [0.25, 0.3) is 11.0 Å². The van der Waals surface area contributed by atoms with Gasteiger partial charge in [0, 0.05) is 11.6 Å². The molecule has 0 radical (unpaired) electrons. The lowest BCUT2D eigenvalue weighted by molar-refractivity contribution is 0.432. The Labute approximate surface area is 111 Å². The minimum atomic E-state index is -3.23. The number of benzene rings is 1. The van der Waals surface area contributed by atoms with Gasteiger partial charge in [0.05, 0.1) is 11.3 Å². The lowest BCUT2D eigenvalue weighted by Crippen LogP contribution is -2.32. The number of nitrogens with one attached hydrogen (secondary N) is 1. The number of halogens is 1. The molecule has 2 rings (SSSR count). The van der Waals surface area contributed by atoms with Gasteiger partial charge < -0.3 is 9.73 Å². The summed E-state index contributed by atoms with van der Waals surface area (Å²) < 4.78 is 42.3. The number of fused-ring (bicyclic) bond motifs is 1. The van der Waals surface area contributed by atoms with E-state index >= 15 is 0 Å². The first kappa shape index (κ1) is 14.0. The quantitative estimate of drug-likeness (QED) is 0.936. The highest BCUT2D eigenvalue weighted by atomic mass is 32.2. The number of sulfone groups is 1. The van der Waals surface area contributed by atoms with Crippen molar-refractivity contribution < 1.29 is 17.2 Å². The van der Waals surface area contributed by atoms with Crippen molar-refractivity contribution in [2.75, 3.05) is 13.3 Å². The molecule has 6 heteroatoms. The summed E-state index contributed by atoms with van der Waals surface area (Å²) in [6.07, 6.45) is 1.17. The Bertz CT molecular complexity index is 693. The minimum absolute atomic E-state index is 0.151. The molecule has 1 heterocycles. The van der Waals surface area contributed by atoms with Gasteiger partial charge in [-0.2, -0.15) is 0 Å². The van der Waals surface area contributed by atoms with Crippen molar-refractivity contribution in [1.82, 2.24) is 5.32 Å². The van der Waals surface area contributed by atoms with Gasteiger partial charge in [0.25, 0.3) is 0 Å². The zero-order chi connectivity index (χ0) is 14.2. The molecule has 19 heavy (non-hydrogen) atoms. The molecular formula is C13H16FNO3S. The van der Waals surface area contributed by atoms with Gasteiger partial charge in [-0.3, -0.25) is 0 Å². The van der Waals surface area contributed by atoms with Crippen LogP contribution in [0.15, 0.2) is 28.7 Å². The van der Waals surface area contributed by atoms with Crippen molar-refractivity contribution in [2.45, 2.75) is 18.2 Å². The van der Waals surface area contributed by atoms with Crippen LogP contribution in [0.4, 0.5) is 4.39 Å². The first-order valence-electron chi connectivity index (χ1n) is 5.88. The molecule has 2 aromatic rings. The first-order valence-corrected chi connectivity index (χ1v) is 7.84. The fourth-order valence-corrected chi connectivity index (χ4v) is 2.82. The molecule has 1 aromatic heterocycles. The van der Waals surface area contributed by atoms with Crippen LogP contribution in [0.1, 0.15) is 18.7 Å². The molecule has 0 fully saturated rings. The lowest BCUT2D eigenvalue weighted by Gasteiger charge is -2.19. The number of furan rings is 1. The Morgan fingerprint density at radius 3 is 2.58 bits per heavy atom. The Kier molecular flexibility index (Phi) is 3.64. The van der Waals surface area contributed by atoms with Gasteiger partial charge >= 0.3 is 0 Å². The maximum Gasteiger partial charge on any atom is 0.169 e. The summed E-state index contributed by atoms with van der Waals surface area (Å²) in [6, 6.07) is 5.78. The fraction of sp³-hybridized carbons (Fsp3) is 0.385. The standard InChI is InChI=1S/C13H16FNO3S/c1-8(19(3,16)17)12(15-2)11-7-9-5-4-6-10(14)13(9)18-11/h4-8,12,15H,1-3H3. The van der Waals surface area contributed by atoms with E-state index in [4.69, 9.17) is 4.42 Å². The molecule has 0 aliphatic carbocycles. The zero-order valence-electron chi connectivity index (χ0n) is 11.0. The lowest BCUT2D eigenvalue weighted by atomic mass is 10.1. The summed E-state index contributed by atoms with van der Waals surface area (Å²) in [6.45, 7) is 1.60. The fourth-order valence-electron chi connectivity index (χ4n) is 2.06. The number of para-hydroxylation sites is 1. The Balaban J connectivity index is 2.50. The van der Waals surface area contributed by atoms with E-state index in [1.165, 1.54) is 12.3 Å². The molecule has 104 valence electrons. The van der Waals surface area contributed by atoms with Gasteiger partial charge in [-0.1, -0.05) is 12.1 Å². The van der Waals surface area contributed by atoms with E-state index in [-0.39, 0.29) is 5.58 Å². The van der Waals surface area contributed by atoms with Crippen molar-refractivity contribution >= 4 is 20.8 Å². The Morgan fingerprint density at radius 1 is 1.37 bits per heavy atom. The molecule has 0 amide bonds. The molecule has 2 unspecified atom stereocenters. The third-order valence-electron chi connectivity index (χ3n) is 3.28. The average Bonchev–Trinajstić information content (AvgIpc) is 2.74. The highest BCUT2D eigenvalue weighted by molar-refractivity contribution is 7.91. The van der Waals surface area contributed by atoms with E-state index in [0.717, 1.165) is 0 Å². The van der Waals surface area contributed by atoms with Crippen molar-refractivity contribution in [2.24, 2.45) is 0 Å². The topological polar surface area (TPSA) is 59.3 Å². The van der Waals surface area contributed by atoms with Crippen LogP contribution in [0, 0.1) is 5.82 Å². The van der Waals surface area contributed by atoms with Crippen molar-refractivity contribution in [1.29, 1.82) is 0 Å². The second-order valence-electron chi connectivity index (χ2n) is 4.61. The molecule has 0 saturated carbocycles. The third-order valence-corrected chi connectivity index (χ3v) is 4.90. The van der Waals surface area contributed by atoms with Crippen LogP contribution in [0.5, 0.6) is 0 Å². The van der Waals surface area contributed by atoms with Gasteiger partial charge in [-0.05, 0) is 26.1 Å². The molecule has 0 aliphatic heterocycles. The predicted molar refractivity (Wildman–Crippen MR) is 72.3 cm³/mol. The normalized spacial score (nSPS) is 15.6. The summed E-state index contributed by atoms with van der Waals surface area (Å²) >= 11 is 0. The summed E-state index contributed by atoms with van der Waals surface area (Å²) in [4.78, 5) is 0. The molecule has 0 spiro atoms. The molecule has 0 saturated heterocycles. The minimum Gasteiger partial charge on any atom is -0.456 e. The van der Waals surface area contributed by atoms with Crippen LogP contribution >= 0.6 is 0 Å². The molecule has 1 N–H and O–H groups in total. The van der Waals surface area contributed by atoms with Crippen molar-refractivity contribution in [3.05, 3.63) is 35.8 Å². The van der Waals surface area contributed by atoms with Crippen molar-refractivity contribution in [3.8, 4) is 0 Å². The van der Waals surface area contributed by atoms with Crippen LogP contribution in [-0.4, -0.2) is 27.0 Å². The number of hydrogen-bond acceptors (Lipinski definition) is 4.